The average molecular weight is 154 g/mol. The zero-order chi connectivity index (χ0) is 8.69. The Kier molecular flexibility index (Phi) is 5.50. The van der Waals surface area contributed by atoms with Gasteiger partial charge in [0.2, 0.25) is 5.78 Å². The number of rotatable bonds is 3. The molecular weight excluding hydrogens is 140 g/mol. The molecule has 0 aromatic heterocycles. The molecule has 11 heavy (non-hydrogen) atoms. The molecule has 0 aliphatic heterocycles. The lowest BCUT2D eigenvalue weighted by Gasteiger charge is -1.91. The van der Waals surface area contributed by atoms with Gasteiger partial charge in [0.25, 0.3) is 0 Å². The Balaban J connectivity index is 3.60. The Labute approximate surface area is 67.6 Å². The van der Waals surface area contributed by atoms with Crippen LogP contribution in [-0.2, 0) is 4.79 Å². The first-order valence-electron chi connectivity index (χ1n) is 3.89. The van der Waals surface area contributed by atoms with E-state index in [9.17, 15) is 4.79 Å². The fraction of sp³-hybridized carbons (Fsp3) is 0.667. The maximum atomic E-state index is 10.7. The molecule has 0 saturated carbocycles. The Bertz CT molecular complexity index is 172. The van der Waals surface area contributed by atoms with Gasteiger partial charge in [0.05, 0.1) is 0 Å². The van der Waals surface area contributed by atoms with E-state index in [0.717, 1.165) is 19.3 Å². The standard InChI is InChI=1S/C9H14O2/c1-3-4-5-6-7-9(11)8(2)10/h8,10H,3-5H2,1-2H3/t8-/m1/s1. The monoisotopic (exact) mass is 154 g/mol. The first-order valence-corrected chi connectivity index (χ1v) is 3.89. The van der Waals surface area contributed by atoms with Gasteiger partial charge in [0, 0.05) is 6.42 Å². The van der Waals surface area contributed by atoms with Gasteiger partial charge in [-0.3, -0.25) is 4.79 Å². The molecule has 0 rings (SSSR count). The van der Waals surface area contributed by atoms with E-state index in [0.29, 0.717) is 0 Å². The van der Waals surface area contributed by atoms with Gasteiger partial charge in [-0.1, -0.05) is 19.3 Å². The Morgan fingerprint density at radius 3 is 2.73 bits per heavy atom. The SMILES string of the molecule is CCCCC#CC(=O)[C@@H](C)O. The lowest BCUT2D eigenvalue weighted by Crippen LogP contribution is -2.12. The predicted octanol–water partition coefficient (Wildman–Crippen LogP) is 1.13. The Morgan fingerprint density at radius 2 is 2.27 bits per heavy atom. The number of carbonyl (C=O) groups excluding carboxylic acids is 1. The van der Waals surface area contributed by atoms with E-state index >= 15 is 0 Å². The Hall–Kier alpha value is -0.810. The van der Waals surface area contributed by atoms with Crippen molar-refractivity contribution in [1.82, 2.24) is 0 Å². The largest absolute Gasteiger partial charge is 0.385 e. The summed E-state index contributed by atoms with van der Waals surface area (Å²) in [7, 11) is 0. The van der Waals surface area contributed by atoms with Crippen LogP contribution in [0.4, 0.5) is 0 Å². The van der Waals surface area contributed by atoms with Gasteiger partial charge in [0.1, 0.15) is 6.10 Å². The first-order chi connectivity index (χ1) is 5.18. The summed E-state index contributed by atoms with van der Waals surface area (Å²) >= 11 is 0. The van der Waals surface area contributed by atoms with E-state index in [1.165, 1.54) is 6.92 Å². The molecule has 0 saturated heterocycles. The maximum absolute atomic E-state index is 10.7. The third kappa shape index (κ3) is 5.63. The van der Waals surface area contributed by atoms with Gasteiger partial charge in [-0.05, 0) is 19.3 Å². The van der Waals surface area contributed by atoms with Crippen molar-refractivity contribution in [2.45, 2.75) is 39.2 Å². The molecule has 0 heterocycles. The maximum Gasteiger partial charge on any atom is 0.233 e. The second kappa shape index (κ2) is 5.94. The van der Waals surface area contributed by atoms with Gasteiger partial charge < -0.3 is 5.11 Å². The topological polar surface area (TPSA) is 37.3 Å². The predicted molar refractivity (Wildman–Crippen MR) is 44.0 cm³/mol. The third-order valence-electron chi connectivity index (χ3n) is 1.25. The van der Waals surface area contributed by atoms with E-state index in [1.54, 1.807) is 0 Å². The first kappa shape index (κ1) is 10.2. The van der Waals surface area contributed by atoms with Crippen LogP contribution in [0.2, 0.25) is 0 Å². The quantitative estimate of drug-likeness (QED) is 0.376. The third-order valence-corrected chi connectivity index (χ3v) is 1.25. The molecule has 1 atom stereocenters. The lowest BCUT2D eigenvalue weighted by molar-refractivity contribution is -0.120. The lowest BCUT2D eigenvalue weighted by atomic mass is 10.2. The van der Waals surface area contributed by atoms with Gasteiger partial charge in [0.15, 0.2) is 0 Å². The summed E-state index contributed by atoms with van der Waals surface area (Å²) < 4.78 is 0. The summed E-state index contributed by atoms with van der Waals surface area (Å²) in [5.41, 5.74) is 0. The van der Waals surface area contributed by atoms with Gasteiger partial charge >= 0.3 is 0 Å². The normalized spacial score (nSPS) is 11.5. The minimum absolute atomic E-state index is 0.388. The molecule has 62 valence electrons. The van der Waals surface area contributed by atoms with Crippen LogP contribution in [0.15, 0.2) is 0 Å². The molecular formula is C9H14O2. The number of ketones is 1. The van der Waals surface area contributed by atoms with E-state index in [2.05, 4.69) is 18.8 Å². The molecule has 0 unspecified atom stereocenters. The summed E-state index contributed by atoms with van der Waals surface area (Å²) in [6, 6.07) is 0. The molecule has 0 bridgehead atoms. The summed E-state index contributed by atoms with van der Waals surface area (Å²) in [4.78, 5) is 10.7. The second-order valence-electron chi connectivity index (χ2n) is 2.45. The van der Waals surface area contributed by atoms with Crippen molar-refractivity contribution >= 4 is 5.78 Å². The molecule has 2 heteroatoms. The van der Waals surface area contributed by atoms with E-state index in [1.807, 2.05) is 0 Å². The Morgan fingerprint density at radius 1 is 1.64 bits per heavy atom. The number of aliphatic hydroxyl groups is 1. The van der Waals surface area contributed by atoms with Crippen LogP contribution >= 0.6 is 0 Å². The van der Waals surface area contributed by atoms with E-state index < -0.39 is 6.10 Å². The minimum atomic E-state index is -0.941. The summed E-state index contributed by atoms with van der Waals surface area (Å²) in [5.74, 6) is 4.70. The molecule has 0 fully saturated rings. The molecule has 0 amide bonds. The highest BCUT2D eigenvalue weighted by Gasteiger charge is 2.02. The molecule has 0 aliphatic rings. The number of carbonyl (C=O) groups is 1. The molecule has 0 aromatic rings. The number of unbranched alkanes of at least 4 members (excludes halogenated alkanes) is 2. The van der Waals surface area contributed by atoms with E-state index in [-0.39, 0.29) is 5.78 Å². The van der Waals surface area contributed by atoms with Gasteiger partial charge in [-0.25, -0.2) is 0 Å². The highest BCUT2D eigenvalue weighted by molar-refractivity contribution is 5.98. The molecule has 0 aliphatic carbocycles. The zero-order valence-electron chi connectivity index (χ0n) is 7.05. The van der Waals surface area contributed by atoms with Crippen LogP contribution in [0.3, 0.4) is 0 Å². The van der Waals surface area contributed by atoms with Gasteiger partial charge in [-0.15, -0.1) is 0 Å². The number of hydrogen-bond donors (Lipinski definition) is 1. The van der Waals surface area contributed by atoms with Crippen LogP contribution < -0.4 is 0 Å². The van der Waals surface area contributed by atoms with E-state index in [4.69, 9.17) is 5.11 Å². The smallest absolute Gasteiger partial charge is 0.233 e. The highest BCUT2D eigenvalue weighted by atomic mass is 16.3. The van der Waals surface area contributed by atoms with Crippen LogP contribution in [0.25, 0.3) is 0 Å². The van der Waals surface area contributed by atoms with Crippen molar-refractivity contribution in [1.29, 1.82) is 0 Å². The fourth-order valence-electron chi connectivity index (χ4n) is 0.519. The molecule has 0 radical (unpaired) electrons. The van der Waals surface area contributed by atoms with Crippen molar-refractivity contribution < 1.29 is 9.90 Å². The number of hydrogen-bond acceptors (Lipinski definition) is 2. The molecule has 2 nitrogen and oxygen atoms in total. The molecule has 1 N–H and O–H groups in total. The number of Topliss-reactive ketones (excluding diaryl/α,β-unsaturated/α-hetero) is 1. The van der Waals surface area contributed by atoms with Crippen molar-refractivity contribution in [2.24, 2.45) is 0 Å². The van der Waals surface area contributed by atoms with Crippen LogP contribution in [0.5, 0.6) is 0 Å². The zero-order valence-corrected chi connectivity index (χ0v) is 7.05. The second-order valence-corrected chi connectivity index (χ2v) is 2.45. The average Bonchev–Trinajstić information content (AvgIpc) is 1.97. The minimum Gasteiger partial charge on any atom is -0.385 e. The fourth-order valence-corrected chi connectivity index (χ4v) is 0.519. The summed E-state index contributed by atoms with van der Waals surface area (Å²) in [6.07, 6.45) is 1.90. The molecule has 0 aromatic carbocycles. The van der Waals surface area contributed by atoms with Crippen molar-refractivity contribution in [3.63, 3.8) is 0 Å². The summed E-state index contributed by atoms with van der Waals surface area (Å²) in [6.45, 7) is 3.50. The summed E-state index contributed by atoms with van der Waals surface area (Å²) in [5, 5.41) is 8.73. The molecule has 0 spiro atoms. The van der Waals surface area contributed by atoms with Crippen molar-refractivity contribution in [3.05, 3.63) is 0 Å². The van der Waals surface area contributed by atoms with Crippen molar-refractivity contribution in [2.75, 3.05) is 0 Å². The van der Waals surface area contributed by atoms with Crippen LogP contribution in [0.1, 0.15) is 33.1 Å². The number of aliphatic hydroxyl groups excluding tert-OH is 1. The van der Waals surface area contributed by atoms with Crippen LogP contribution in [-0.4, -0.2) is 17.0 Å². The highest BCUT2D eigenvalue weighted by Crippen LogP contribution is 1.90. The van der Waals surface area contributed by atoms with Gasteiger partial charge in [-0.2, -0.15) is 0 Å². The van der Waals surface area contributed by atoms with Crippen LogP contribution in [0, 0.1) is 11.8 Å². The van der Waals surface area contributed by atoms with Crippen molar-refractivity contribution in [3.8, 4) is 11.8 Å².